The number of phenols is 1. The molecule has 4 aromatic carbocycles. The predicted octanol–water partition coefficient (Wildman–Crippen LogP) is 5.50. The SMILES string of the molecule is COc1ccc(C(c2ccccc2O)P(=O)(c2ccccc2)c2ccccc2)cc1. The van der Waals surface area contributed by atoms with Gasteiger partial charge >= 0.3 is 0 Å². The van der Waals surface area contributed by atoms with Crippen molar-refractivity contribution in [2.75, 3.05) is 7.11 Å². The number of ether oxygens (including phenoxy) is 1. The largest absolute Gasteiger partial charge is 0.508 e. The molecule has 0 radical (unpaired) electrons. The van der Waals surface area contributed by atoms with Gasteiger partial charge < -0.3 is 14.4 Å². The van der Waals surface area contributed by atoms with Gasteiger partial charge in [-0.05, 0) is 23.8 Å². The molecule has 0 spiro atoms. The van der Waals surface area contributed by atoms with Gasteiger partial charge in [0.05, 0.1) is 12.8 Å². The van der Waals surface area contributed by atoms with Crippen LogP contribution < -0.4 is 15.3 Å². The lowest BCUT2D eigenvalue weighted by Gasteiger charge is -2.30. The molecule has 150 valence electrons. The number of hydrogen-bond donors (Lipinski definition) is 1. The van der Waals surface area contributed by atoms with Gasteiger partial charge in [0.2, 0.25) is 0 Å². The number of phenolic OH excluding ortho intramolecular Hbond substituents is 1. The topological polar surface area (TPSA) is 46.5 Å². The maximum Gasteiger partial charge on any atom is 0.154 e. The quantitative estimate of drug-likeness (QED) is 0.424. The van der Waals surface area contributed by atoms with E-state index in [2.05, 4.69) is 0 Å². The summed E-state index contributed by atoms with van der Waals surface area (Å²) in [5.41, 5.74) is 0.946. The molecule has 0 aliphatic rings. The third-order valence-corrected chi connectivity index (χ3v) is 8.74. The second-order valence-corrected chi connectivity index (χ2v) is 9.93. The highest BCUT2D eigenvalue weighted by Crippen LogP contribution is 2.61. The highest BCUT2D eigenvalue weighted by molar-refractivity contribution is 7.79. The Balaban J connectivity index is 2.03. The van der Waals surface area contributed by atoms with Crippen LogP contribution in [0.5, 0.6) is 11.5 Å². The van der Waals surface area contributed by atoms with E-state index in [1.54, 1.807) is 19.2 Å². The van der Waals surface area contributed by atoms with Crippen LogP contribution in [0.4, 0.5) is 0 Å². The maximum absolute atomic E-state index is 15.1. The number of methoxy groups -OCH3 is 1. The van der Waals surface area contributed by atoms with Crippen LogP contribution in [-0.4, -0.2) is 12.2 Å². The standard InChI is InChI=1S/C26H23O3P/c1-29-21-18-16-20(17-19-21)26(24-14-8-9-15-25(24)27)30(28,22-10-4-2-5-11-22)23-12-6-3-7-13-23/h2-19,26-27H,1H3. The Labute approximate surface area is 177 Å². The Morgan fingerprint density at radius 3 is 1.70 bits per heavy atom. The first-order valence-electron chi connectivity index (χ1n) is 9.77. The molecular weight excluding hydrogens is 391 g/mol. The lowest BCUT2D eigenvalue weighted by atomic mass is 10.0. The molecule has 0 saturated heterocycles. The first-order valence-corrected chi connectivity index (χ1v) is 11.5. The van der Waals surface area contributed by atoms with Gasteiger partial charge in [0.25, 0.3) is 0 Å². The van der Waals surface area contributed by atoms with Crippen LogP contribution in [0.1, 0.15) is 16.8 Å². The monoisotopic (exact) mass is 414 g/mol. The van der Waals surface area contributed by atoms with Crippen LogP contribution in [0.15, 0.2) is 109 Å². The van der Waals surface area contributed by atoms with Gasteiger partial charge in [-0.3, -0.25) is 0 Å². The van der Waals surface area contributed by atoms with Gasteiger partial charge in [0, 0.05) is 16.2 Å². The number of aromatic hydroxyl groups is 1. The molecule has 0 aliphatic carbocycles. The Kier molecular flexibility index (Phi) is 5.74. The van der Waals surface area contributed by atoms with E-state index in [9.17, 15) is 5.11 Å². The number of rotatable bonds is 6. The average molecular weight is 414 g/mol. The second-order valence-electron chi connectivity index (χ2n) is 7.06. The Bertz CT molecular complexity index is 1110. The molecule has 4 heteroatoms. The third-order valence-electron chi connectivity index (χ3n) is 5.31. The van der Waals surface area contributed by atoms with Gasteiger partial charge in [-0.25, -0.2) is 0 Å². The van der Waals surface area contributed by atoms with Crippen LogP contribution >= 0.6 is 7.14 Å². The van der Waals surface area contributed by atoms with Crippen molar-refractivity contribution in [2.45, 2.75) is 5.66 Å². The molecule has 0 amide bonds. The molecule has 4 aromatic rings. The van der Waals surface area contributed by atoms with Crippen LogP contribution in [-0.2, 0) is 4.57 Å². The van der Waals surface area contributed by atoms with Crippen molar-refractivity contribution >= 4 is 17.8 Å². The molecule has 0 aromatic heterocycles. The predicted molar refractivity (Wildman–Crippen MR) is 123 cm³/mol. The van der Waals surface area contributed by atoms with E-state index in [0.717, 1.165) is 21.9 Å². The first kappa shape index (κ1) is 20.0. The molecule has 1 atom stereocenters. The summed E-state index contributed by atoms with van der Waals surface area (Å²) in [6.07, 6.45) is 0. The summed E-state index contributed by atoms with van der Waals surface area (Å²) in [6, 6.07) is 33.8. The number of benzene rings is 4. The number of para-hydroxylation sites is 1. The van der Waals surface area contributed by atoms with E-state index in [-0.39, 0.29) is 5.75 Å². The van der Waals surface area contributed by atoms with Gasteiger partial charge in [0.1, 0.15) is 11.5 Å². The fraction of sp³-hybridized carbons (Fsp3) is 0.0769. The fourth-order valence-corrected chi connectivity index (χ4v) is 7.16. The minimum atomic E-state index is -3.23. The lowest BCUT2D eigenvalue weighted by molar-refractivity contribution is 0.414. The van der Waals surface area contributed by atoms with Gasteiger partial charge in [-0.2, -0.15) is 0 Å². The Morgan fingerprint density at radius 2 is 1.20 bits per heavy atom. The molecule has 0 fully saturated rings. The van der Waals surface area contributed by atoms with E-state index < -0.39 is 12.8 Å². The first-order chi connectivity index (χ1) is 14.6. The van der Waals surface area contributed by atoms with Crippen molar-refractivity contribution in [3.05, 3.63) is 120 Å². The lowest BCUT2D eigenvalue weighted by Crippen LogP contribution is -2.22. The van der Waals surface area contributed by atoms with Crippen molar-refractivity contribution in [3.63, 3.8) is 0 Å². The van der Waals surface area contributed by atoms with E-state index in [1.807, 2.05) is 97.1 Å². The highest BCUT2D eigenvalue weighted by Gasteiger charge is 2.40. The molecule has 0 saturated carbocycles. The summed E-state index contributed by atoms with van der Waals surface area (Å²) in [5, 5.41) is 12.3. The van der Waals surface area contributed by atoms with Crippen molar-refractivity contribution in [1.29, 1.82) is 0 Å². The summed E-state index contributed by atoms with van der Waals surface area (Å²) in [6.45, 7) is 0. The van der Waals surface area contributed by atoms with Crippen molar-refractivity contribution in [3.8, 4) is 11.5 Å². The van der Waals surface area contributed by atoms with Gasteiger partial charge in [-0.1, -0.05) is 91.0 Å². The van der Waals surface area contributed by atoms with Crippen LogP contribution in [0.2, 0.25) is 0 Å². The van der Waals surface area contributed by atoms with Gasteiger partial charge in [0.15, 0.2) is 7.14 Å². The van der Waals surface area contributed by atoms with Crippen LogP contribution in [0.25, 0.3) is 0 Å². The average Bonchev–Trinajstić information content (AvgIpc) is 2.82. The van der Waals surface area contributed by atoms with E-state index in [1.165, 1.54) is 0 Å². The van der Waals surface area contributed by atoms with E-state index in [0.29, 0.717) is 5.56 Å². The fourth-order valence-electron chi connectivity index (χ4n) is 3.84. The maximum atomic E-state index is 15.1. The second kappa shape index (κ2) is 8.61. The van der Waals surface area contributed by atoms with E-state index in [4.69, 9.17) is 4.74 Å². The summed E-state index contributed by atoms with van der Waals surface area (Å²) >= 11 is 0. The third kappa shape index (κ3) is 3.65. The van der Waals surface area contributed by atoms with E-state index >= 15 is 4.57 Å². The minimum absolute atomic E-state index is 0.130. The zero-order valence-corrected chi connectivity index (χ0v) is 17.6. The summed E-state index contributed by atoms with van der Waals surface area (Å²) in [4.78, 5) is 0. The molecule has 4 rings (SSSR count). The highest BCUT2D eigenvalue weighted by atomic mass is 31.2. The Morgan fingerprint density at radius 1 is 0.700 bits per heavy atom. The smallest absolute Gasteiger partial charge is 0.154 e. The molecule has 0 heterocycles. The minimum Gasteiger partial charge on any atom is -0.508 e. The molecule has 30 heavy (non-hydrogen) atoms. The summed E-state index contributed by atoms with van der Waals surface area (Å²) in [5.74, 6) is 0.856. The van der Waals surface area contributed by atoms with Crippen LogP contribution in [0, 0.1) is 0 Å². The molecule has 3 nitrogen and oxygen atoms in total. The molecule has 1 unspecified atom stereocenters. The van der Waals surface area contributed by atoms with Crippen molar-refractivity contribution < 1.29 is 14.4 Å². The zero-order valence-electron chi connectivity index (χ0n) is 16.7. The van der Waals surface area contributed by atoms with Crippen molar-refractivity contribution in [1.82, 2.24) is 0 Å². The normalized spacial score (nSPS) is 12.3. The molecule has 0 aliphatic heterocycles. The molecule has 1 N–H and O–H groups in total. The zero-order chi connectivity index (χ0) is 21.0. The van der Waals surface area contributed by atoms with Crippen LogP contribution in [0.3, 0.4) is 0 Å². The Hall–Kier alpha value is -3.29. The van der Waals surface area contributed by atoms with Gasteiger partial charge in [-0.15, -0.1) is 0 Å². The summed E-state index contributed by atoms with van der Waals surface area (Å²) < 4.78 is 20.4. The number of hydrogen-bond acceptors (Lipinski definition) is 3. The summed E-state index contributed by atoms with van der Waals surface area (Å²) in [7, 11) is -1.61. The molecular formula is C26H23O3P. The molecule has 0 bridgehead atoms. The van der Waals surface area contributed by atoms with Crippen molar-refractivity contribution in [2.24, 2.45) is 0 Å².